The summed E-state index contributed by atoms with van der Waals surface area (Å²) in [4.78, 5) is 11.8. The zero-order chi connectivity index (χ0) is 20.7. The molecule has 2 rings (SSSR count). The Balaban J connectivity index is 1.68. The lowest BCUT2D eigenvalue weighted by atomic mass is 10.1. The van der Waals surface area contributed by atoms with Crippen LogP contribution in [0.4, 0.5) is 10.5 Å². The van der Waals surface area contributed by atoms with Gasteiger partial charge in [-0.15, -0.1) is 0 Å². The zero-order valence-electron chi connectivity index (χ0n) is 17.0. The van der Waals surface area contributed by atoms with Crippen molar-refractivity contribution in [2.45, 2.75) is 51.9 Å². The average molecular weight is 416 g/mol. The minimum absolute atomic E-state index is 0.409. The summed E-state index contributed by atoms with van der Waals surface area (Å²) in [5.41, 5.74) is 3.90. The number of nitrogens with zero attached hydrogens (tertiary/aromatic N) is 1. The van der Waals surface area contributed by atoms with E-state index in [4.69, 9.17) is 16.3 Å². The first-order valence-corrected chi connectivity index (χ1v) is 10.6. The van der Waals surface area contributed by atoms with Gasteiger partial charge in [0.25, 0.3) is 0 Å². The fourth-order valence-corrected chi connectivity index (χ4v) is 3.05. The first-order valence-electron chi connectivity index (χ1n) is 10.3. The fourth-order valence-electron chi connectivity index (χ4n) is 2.80. The molecule has 0 aliphatic heterocycles. The molecule has 2 amide bonds. The summed E-state index contributed by atoms with van der Waals surface area (Å²) in [6.45, 7) is 2.90. The van der Waals surface area contributed by atoms with Gasteiger partial charge in [0.05, 0.1) is 17.8 Å². The van der Waals surface area contributed by atoms with Crippen molar-refractivity contribution in [1.82, 2.24) is 5.43 Å². The number of anilines is 1. The second-order valence-corrected chi connectivity index (χ2v) is 7.26. The summed E-state index contributed by atoms with van der Waals surface area (Å²) in [6, 6.07) is 14.2. The van der Waals surface area contributed by atoms with Gasteiger partial charge in [0.2, 0.25) is 0 Å². The van der Waals surface area contributed by atoms with Crippen molar-refractivity contribution in [3.05, 3.63) is 59.1 Å². The molecule has 2 N–H and O–H groups in total. The highest BCUT2D eigenvalue weighted by atomic mass is 35.5. The molecule has 0 aliphatic carbocycles. The Hall–Kier alpha value is -2.53. The number of unbranched alkanes of at least 4 members (excludes halogenated alkanes) is 6. The van der Waals surface area contributed by atoms with Crippen LogP contribution in [0.5, 0.6) is 5.75 Å². The molecular weight excluding hydrogens is 386 g/mol. The van der Waals surface area contributed by atoms with Gasteiger partial charge in [-0.2, -0.15) is 5.10 Å². The number of urea groups is 1. The second-order valence-electron chi connectivity index (χ2n) is 6.85. The highest BCUT2D eigenvalue weighted by Crippen LogP contribution is 2.25. The first-order chi connectivity index (χ1) is 14.2. The molecular formula is C23H30ClN3O2. The smallest absolute Gasteiger partial charge is 0.339 e. The number of carbonyl (C=O) groups is 1. The van der Waals surface area contributed by atoms with Crippen molar-refractivity contribution in [3.63, 3.8) is 0 Å². The molecule has 2 aromatic carbocycles. The number of hydrazone groups is 1. The van der Waals surface area contributed by atoms with E-state index in [1.165, 1.54) is 44.7 Å². The number of carbonyl (C=O) groups excluding carboxylic acids is 1. The van der Waals surface area contributed by atoms with Crippen molar-refractivity contribution < 1.29 is 9.53 Å². The number of hydrogen-bond donors (Lipinski definition) is 2. The van der Waals surface area contributed by atoms with E-state index in [0.29, 0.717) is 23.1 Å². The van der Waals surface area contributed by atoms with Gasteiger partial charge >= 0.3 is 6.03 Å². The molecule has 5 nitrogen and oxygen atoms in total. The van der Waals surface area contributed by atoms with Gasteiger partial charge in [-0.05, 0) is 42.3 Å². The maximum absolute atomic E-state index is 11.8. The molecule has 0 heterocycles. The quantitative estimate of drug-likeness (QED) is 0.232. The van der Waals surface area contributed by atoms with Crippen LogP contribution in [0.15, 0.2) is 53.6 Å². The Kier molecular flexibility index (Phi) is 10.7. The Morgan fingerprint density at radius 1 is 1.03 bits per heavy atom. The Morgan fingerprint density at radius 2 is 1.76 bits per heavy atom. The topological polar surface area (TPSA) is 62.7 Å². The van der Waals surface area contributed by atoms with Gasteiger partial charge in [0.15, 0.2) is 0 Å². The maximum Gasteiger partial charge on any atom is 0.339 e. The molecule has 2 aromatic rings. The van der Waals surface area contributed by atoms with Gasteiger partial charge in [-0.1, -0.05) is 75.2 Å². The third kappa shape index (κ3) is 9.48. The van der Waals surface area contributed by atoms with Gasteiger partial charge in [-0.3, -0.25) is 0 Å². The summed E-state index contributed by atoms with van der Waals surface area (Å²) in [5, 5.41) is 7.16. The van der Waals surface area contributed by atoms with Crippen LogP contribution in [-0.4, -0.2) is 18.9 Å². The van der Waals surface area contributed by atoms with Crippen molar-refractivity contribution >= 4 is 29.5 Å². The minimum atomic E-state index is -0.409. The van der Waals surface area contributed by atoms with E-state index < -0.39 is 6.03 Å². The van der Waals surface area contributed by atoms with Crippen LogP contribution in [0.25, 0.3) is 0 Å². The molecule has 0 bridgehead atoms. The summed E-state index contributed by atoms with van der Waals surface area (Å²) < 4.78 is 5.77. The third-order valence-electron chi connectivity index (χ3n) is 4.37. The molecule has 0 saturated carbocycles. The van der Waals surface area contributed by atoms with Gasteiger partial charge < -0.3 is 10.1 Å². The molecule has 0 unspecified atom stereocenters. The van der Waals surface area contributed by atoms with E-state index in [1.54, 1.807) is 18.2 Å². The molecule has 0 fully saturated rings. The van der Waals surface area contributed by atoms with Crippen LogP contribution < -0.4 is 15.5 Å². The van der Waals surface area contributed by atoms with Gasteiger partial charge in [0, 0.05) is 5.69 Å². The summed E-state index contributed by atoms with van der Waals surface area (Å²) in [5.74, 6) is 0.671. The monoisotopic (exact) mass is 415 g/mol. The minimum Gasteiger partial charge on any atom is -0.492 e. The molecule has 0 radical (unpaired) electrons. The van der Waals surface area contributed by atoms with E-state index in [0.717, 1.165) is 12.0 Å². The zero-order valence-corrected chi connectivity index (χ0v) is 17.8. The number of para-hydroxylation sites is 1. The predicted molar refractivity (Wildman–Crippen MR) is 121 cm³/mol. The van der Waals surface area contributed by atoms with Gasteiger partial charge in [-0.25, -0.2) is 10.2 Å². The lowest BCUT2D eigenvalue weighted by Gasteiger charge is -2.08. The number of amides is 2. The molecule has 6 heteroatoms. The number of rotatable bonds is 12. The lowest BCUT2D eigenvalue weighted by molar-refractivity contribution is 0.252. The molecule has 0 aliphatic rings. The van der Waals surface area contributed by atoms with Crippen LogP contribution in [-0.2, 0) is 0 Å². The van der Waals surface area contributed by atoms with Crippen LogP contribution in [0.3, 0.4) is 0 Å². The van der Waals surface area contributed by atoms with E-state index in [1.807, 2.05) is 30.3 Å². The van der Waals surface area contributed by atoms with Crippen LogP contribution >= 0.6 is 11.6 Å². The van der Waals surface area contributed by atoms with E-state index >= 15 is 0 Å². The number of hydrogen-bond acceptors (Lipinski definition) is 3. The first kappa shape index (κ1) is 22.8. The number of halogens is 1. The molecule has 0 atom stereocenters. The average Bonchev–Trinajstić information content (AvgIpc) is 2.72. The SMILES string of the molecule is CCCCCCCCCOc1ccc(/C=N/NC(=O)Nc2ccccc2)cc1Cl. The molecule has 156 valence electrons. The molecule has 0 aromatic heterocycles. The maximum atomic E-state index is 11.8. The number of benzene rings is 2. The Morgan fingerprint density at radius 3 is 2.48 bits per heavy atom. The van der Waals surface area contributed by atoms with Crippen molar-refractivity contribution in [1.29, 1.82) is 0 Å². The predicted octanol–water partition coefficient (Wildman–Crippen LogP) is 6.63. The van der Waals surface area contributed by atoms with E-state index in [-0.39, 0.29) is 0 Å². The van der Waals surface area contributed by atoms with Crippen LogP contribution in [0.2, 0.25) is 5.02 Å². The highest BCUT2D eigenvalue weighted by Gasteiger charge is 2.03. The summed E-state index contributed by atoms with van der Waals surface area (Å²) >= 11 is 6.29. The van der Waals surface area contributed by atoms with E-state index in [9.17, 15) is 4.79 Å². The van der Waals surface area contributed by atoms with Crippen LogP contribution in [0.1, 0.15) is 57.4 Å². The van der Waals surface area contributed by atoms with Gasteiger partial charge in [0.1, 0.15) is 5.75 Å². The van der Waals surface area contributed by atoms with Crippen LogP contribution in [0, 0.1) is 0 Å². The third-order valence-corrected chi connectivity index (χ3v) is 4.67. The second kappa shape index (κ2) is 13.6. The largest absolute Gasteiger partial charge is 0.492 e. The normalized spacial score (nSPS) is 10.8. The summed E-state index contributed by atoms with van der Waals surface area (Å²) in [7, 11) is 0. The standard InChI is InChI=1S/C23H30ClN3O2/c1-2-3-4-5-6-7-11-16-29-22-15-14-19(17-21(22)24)18-25-27-23(28)26-20-12-9-8-10-13-20/h8-10,12-15,17-18H,2-7,11,16H2,1H3,(H2,26,27,28)/b25-18+. The highest BCUT2D eigenvalue weighted by molar-refractivity contribution is 6.32. The van der Waals surface area contributed by atoms with Crippen molar-refractivity contribution in [3.8, 4) is 5.75 Å². The van der Waals surface area contributed by atoms with Crippen molar-refractivity contribution in [2.75, 3.05) is 11.9 Å². The lowest BCUT2D eigenvalue weighted by Crippen LogP contribution is -2.24. The number of ether oxygens (including phenoxy) is 1. The Labute approximate surface area is 178 Å². The number of nitrogens with one attached hydrogen (secondary N) is 2. The van der Waals surface area contributed by atoms with Crippen molar-refractivity contribution in [2.24, 2.45) is 5.10 Å². The fraction of sp³-hybridized carbons (Fsp3) is 0.391. The summed E-state index contributed by atoms with van der Waals surface area (Å²) in [6.07, 6.45) is 10.3. The molecule has 0 saturated heterocycles. The Bertz CT molecular complexity index is 766. The molecule has 29 heavy (non-hydrogen) atoms. The van der Waals surface area contributed by atoms with E-state index in [2.05, 4.69) is 22.8 Å². The molecule has 0 spiro atoms.